The van der Waals surface area contributed by atoms with E-state index in [1.807, 2.05) is 0 Å². The molecule has 0 heterocycles. The van der Waals surface area contributed by atoms with Crippen molar-refractivity contribution < 1.29 is 36.6 Å². The number of fused-ring (bicyclic) bond motifs is 7. The second kappa shape index (κ2) is 7.02. The molecule has 0 bridgehead atoms. The molecule has 0 aliphatic heterocycles. The van der Waals surface area contributed by atoms with E-state index in [0.717, 1.165) is 25.7 Å². The van der Waals surface area contributed by atoms with Gasteiger partial charge in [0.1, 0.15) is 0 Å². The van der Waals surface area contributed by atoms with Crippen molar-refractivity contribution in [3.8, 4) is 0 Å². The molecule has 5 rings (SSSR count). The molecule has 5 aliphatic rings. The molecule has 2 nitrogen and oxygen atoms in total. The van der Waals surface area contributed by atoms with Gasteiger partial charge in [0.25, 0.3) is 0 Å². The summed E-state index contributed by atoms with van der Waals surface area (Å²) in [5.74, 6) is 0.648. The molecule has 5 saturated carbocycles. The molecule has 2 N–H and O–H groups in total. The van der Waals surface area contributed by atoms with Gasteiger partial charge in [0.2, 0.25) is 0 Å². The molecule has 0 aromatic heterocycles. The van der Waals surface area contributed by atoms with Crippen LogP contribution in [0.5, 0.6) is 0 Å². The molecule has 0 spiro atoms. The fourth-order valence-corrected chi connectivity index (χ4v) is 9.64. The lowest BCUT2D eigenvalue weighted by Gasteiger charge is -2.58. The number of alkyl halides is 6. The van der Waals surface area contributed by atoms with E-state index in [0.29, 0.717) is 36.5 Å². The maximum Gasteiger partial charge on any atom is 0.417 e. The lowest BCUT2D eigenvalue weighted by Crippen LogP contribution is -2.56. The maximum absolute atomic E-state index is 13.4. The predicted octanol–water partition coefficient (Wildman–Crippen LogP) is 5.96. The van der Waals surface area contributed by atoms with Crippen LogP contribution in [-0.4, -0.2) is 34.3 Å². The summed E-state index contributed by atoms with van der Waals surface area (Å²) in [6.45, 7) is 3.67. The standard InChI is InChI=1S/C24H34F6O2/c1-11(20(31)23(25,26)27)18-16-9-17(16)19-15-4-3-12-10-22(32,24(28,29)30)8-6-13(12)14(15)5-7-21(18,19)2/h11-20,31-32H,3-10H2,1-2H3/t11-,12+,13-,14+,15+,16-,17+,18-,19+,20-,21+,22+/m0/s1. The zero-order chi connectivity index (χ0) is 23.4. The molecule has 0 aromatic rings. The van der Waals surface area contributed by atoms with Crippen LogP contribution in [-0.2, 0) is 0 Å². The SMILES string of the molecule is C[C@@H]([C@H]1[C@H]2C[C@H]2[C@H]2[C@@H]3CC[C@@H]4C[C@@](O)(C(F)(F)F)CC[C@@H]4[C@H]3CC[C@@]21C)[C@H](O)C(F)(F)F. The van der Waals surface area contributed by atoms with E-state index < -0.39 is 30.0 Å². The monoisotopic (exact) mass is 468 g/mol. The van der Waals surface area contributed by atoms with Crippen molar-refractivity contribution in [1.29, 1.82) is 0 Å². The van der Waals surface area contributed by atoms with E-state index in [4.69, 9.17) is 0 Å². The van der Waals surface area contributed by atoms with E-state index in [2.05, 4.69) is 6.92 Å². The van der Waals surface area contributed by atoms with Gasteiger partial charge in [-0.05, 0) is 110 Å². The molecule has 0 aromatic carbocycles. The van der Waals surface area contributed by atoms with Crippen molar-refractivity contribution in [1.82, 2.24) is 0 Å². The van der Waals surface area contributed by atoms with E-state index in [1.165, 1.54) is 0 Å². The Labute approximate surface area is 185 Å². The normalized spacial score (nSPS) is 52.3. The van der Waals surface area contributed by atoms with Crippen LogP contribution in [0.3, 0.4) is 0 Å². The minimum absolute atomic E-state index is 0.126. The molecule has 0 unspecified atom stereocenters. The van der Waals surface area contributed by atoms with Crippen LogP contribution in [0.2, 0.25) is 0 Å². The molecular weight excluding hydrogens is 434 g/mol. The smallest absolute Gasteiger partial charge is 0.383 e. The van der Waals surface area contributed by atoms with Gasteiger partial charge in [0.15, 0.2) is 11.7 Å². The third kappa shape index (κ3) is 3.20. The van der Waals surface area contributed by atoms with Crippen molar-refractivity contribution in [2.24, 2.45) is 58.7 Å². The largest absolute Gasteiger partial charge is 0.417 e. The minimum Gasteiger partial charge on any atom is -0.383 e. The molecule has 12 atom stereocenters. The Morgan fingerprint density at radius 3 is 2.12 bits per heavy atom. The number of aliphatic hydroxyl groups is 2. The summed E-state index contributed by atoms with van der Waals surface area (Å²) in [5.41, 5.74) is -2.82. The van der Waals surface area contributed by atoms with Gasteiger partial charge in [-0.15, -0.1) is 0 Å². The maximum atomic E-state index is 13.4. The fraction of sp³-hybridized carbons (Fsp3) is 1.00. The molecular formula is C24H34F6O2. The number of rotatable bonds is 2. The highest BCUT2D eigenvalue weighted by Gasteiger charge is 2.71. The number of hydrogen-bond donors (Lipinski definition) is 2. The van der Waals surface area contributed by atoms with Gasteiger partial charge in [-0.1, -0.05) is 13.8 Å². The topological polar surface area (TPSA) is 40.5 Å². The van der Waals surface area contributed by atoms with Crippen molar-refractivity contribution >= 4 is 0 Å². The lowest BCUT2D eigenvalue weighted by atomic mass is 9.47. The highest BCUT2D eigenvalue weighted by atomic mass is 19.4. The fourth-order valence-electron chi connectivity index (χ4n) is 9.64. The number of aliphatic hydroxyl groups excluding tert-OH is 1. The molecule has 5 aliphatic carbocycles. The second-order valence-electron chi connectivity index (χ2n) is 12.1. The van der Waals surface area contributed by atoms with Crippen molar-refractivity contribution in [2.45, 2.75) is 89.3 Å². The van der Waals surface area contributed by atoms with E-state index in [9.17, 15) is 36.6 Å². The molecule has 32 heavy (non-hydrogen) atoms. The molecule has 184 valence electrons. The summed E-state index contributed by atoms with van der Waals surface area (Å²) in [5, 5.41) is 20.3. The summed E-state index contributed by atoms with van der Waals surface area (Å²) in [4.78, 5) is 0. The van der Waals surface area contributed by atoms with Gasteiger partial charge in [-0.25, -0.2) is 0 Å². The quantitative estimate of drug-likeness (QED) is 0.491. The first-order chi connectivity index (χ1) is 14.7. The van der Waals surface area contributed by atoms with Crippen molar-refractivity contribution in [3.05, 3.63) is 0 Å². The summed E-state index contributed by atoms with van der Waals surface area (Å²) in [6.07, 6.45) is -7.58. The average Bonchev–Trinajstić information content (AvgIpc) is 3.39. The summed E-state index contributed by atoms with van der Waals surface area (Å²) < 4.78 is 80.1. The highest BCUT2D eigenvalue weighted by Crippen LogP contribution is 2.76. The van der Waals surface area contributed by atoms with Gasteiger partial charge in [0, 0.05) is 0 Å². The molecule has 0 amide bonds. The Balaban J connectivity index is 1.36. The van der Waals surface area contributed by atoms with Crippen LogP contribution in [0.1, 0.15) is 65.2 Å². The van der Waals surface area contributed by atoms with Crippen LogP contribution in [0.15, 0.2) is 0 Å². The summed E-state index contributed by atoms with van der Waals surface area (Å²) in [7, 11) is 0. The Kier molecular flexibility index (Phi) is 5.10. The summed E-state index contributed by atoms with van der Waals surface area (Å²) >= 11 is 0. The number of halogens is 6. The Bertz CT molecular complexity index is 752. The van der Waals surface area contributed by atoms with Gasteiger partial charge >= 0.3 is 12.4 Å². The zero-order valence-corrected chi connectivity index (χ0v) is 18.6. The Morgan fingerprint density at radius 1 is 0.844 bits per heavy atom. The molecule has 5 fully saturated rings. The number of hydrogen-bond acceptors (Lipinski definition) is 2. The predicted molar refractivity (Wildman–Crippen MR) is 105 cm³/mol. The van der Waals surface area contributed by atoms with Crippen LogP contribution < -0.4 is 0 Å². The van der Waals surface area contributed by atoms with Crippen molar-refractivity contribution in [2.75, 3.05) is 0 Å². The second-order valence-corrected chi connectivity index (χ2v) is 12.1. The third-order valence-electron chi connectivity index (χ3n) is 10.8. The van der Waals surface area contributed by atoms with E-state index in [-0.39, 0.29) is 41.9 Å². The first kappa shape index (κ1) is 23.3. The van der Waals surface area contributed by atoms with Gasteiger partial charge in [-0.3, -0.25) is 0 Å². The summed E-state index contributed by atoms with van der Waals surface area (Å²) in [6, 6.07) is 0. The van der Waals surface area contributed by atoms with E-state index >= 15 is 0 Å². The van der Waals surface area contributed by atoms with Crippen LogP contribution in [0.4, 0.5) is 26.3 Å². The highest BCUT2D eigenvalue weighted by molar-refractivity contribution is 5.18. The van der Waals surface area contributed by atoms with Crippen molar-refractivity contribution in [3.63, 3.8) is 0 Å². The zero-order valence-electron chi connectivity index (χ0n) is 18.6. The Morgan fingerprint density at radius 2 is 1.50 bits per heavy atom. The first-order valence-corrected chi connectivity index (χ1v) is 12.2. The lowest BCUT2D eigenvalue weighted by molar-refractivity contribution is -0.282. The van der Waals surface area contributed by atoms with Crippen LogP contribution >= 0.6 is 0 Å². The van der Waals surface area contributed by atoms with Gasteiger partial charge in [-0.2, -0.15) is 26.3 Å². The first-order valence-electron chi connectivity index (χ1n) is 12.2. The molecule has 0 radical (unpaired) electrons. The Hall–Kier alpha value is -0.500. The molecule has 0 saturated heterocycles. The van der Waals surface area contributed by atoms with Gasteiger partial charge in [0.05, 0.1) is 0 Å². The van der Waals surface area contributed by atoms with Crippen LogP contribution in [0, 0.1) is 58.7 Å². The minimum atomic E-state index is -4.62. The van der Waals surface area contributed by atoms with Crippen LogP contribution in [0.25, 0.3) is 0 Å². The average molecular weight is 469 g/mol. The van der Waals surface area contributed by atoms with Gasteiger partial charge < -0.3 is 10.2 Å². The molecule has 8 heteroatoms. The van der Waals surface area contributed by atoms with E-state index in [1.54, 1.807) is 6.92 Å². The third-order valence-corrected chi connectivity index (χ3v) is 10.8.